The molecule has 1 heterocycles. The van der Waals surface area contributed by atoms with E-state index < -0.39 is 11.7 Å². The van der Waals surface area contributed by atoms with Crippen LogP contribution >= 0.6 is 11.6 Å². The van der Waals surface area contributed by atoms with Crippen LogP contribution in [0.3, 0.4) is 0 Å². The van der Waals surface area contributed by atoms with E-state index >= 15 is 0 Å². The lowest BCUT2D eigenvalue weighted by Crippen LogP contribution is -2.43. The molecule has 1 aromatic carbocycles. The van der Waals surface area contributed by atoms with Crippen LogP contribution in [0.2, 0.25) is 5.02 Å². The van der Waals surface area contributed by atoms with Gasteiger partial charge in [-0.15, -0.1) is 0 Å². The first-order valence-corrected chi connectivity index (χ1v) is 9.86. The summed E-state index contributed by atoms with van der Waals surface area (Å²) < 4.78 is 10.4. The molecule has 0 aromatic heterocycles. The van der Waals surface area contributed by atoms with E-state index in [1.807, 2.05) is 0 Å². The van der Waals surface area contributed by atoms with E-state index in [4.69, 9.17) is 21.1 Å². The van der Waals surface area contributed by atoms with Gasteiger partial charge >= 0.3 is 6.09 Å². The standard InChI is InChI=1S/C20H28ClN3O5/c1-20(2,3)29-19(27)22-13-17(25)23-8-5-9-24(11-10-23)18(26)15-12-14(21)6-7-16(15)28-4/h6-7,12H,5,8-11,13H2,1-4H3,(H,22,27). The van der Waals surface area contributed by atoms with Crippen molar-refractivity contribution in [3.8, 4) is 5.75 Å². The molecule has 1 fully saturated rings. The molecule has 1 saturated heterocycles. The Hall–Kier alpha value is -2.48. The summed E-state index contributed by atoms with van der Waals surface area (Å²) in [5.74, 6) is 0.0502. The molecule has 1 aromatic rings. The first-order chi connectivity index (χ1) is 13.6. The van der Waals surface area contributed by atoms with Crippen LogP contribution in [0.25, 0.3) is 0 Å². The Labute approximate surface area is 176 Å². The molecular formula is C20H28ClN3O5. The number of nitrogens with one attached hydrogen (secondary N) is 1. The van der Waals surface area contributed by atoms with Gasteiger partial charge in [0.15, 0.2) is 0 Å². The van der Waals surface area contributed by atoms with Crippen LogP contribution in [0.1, 0.15) is 37.6 Å². The minimum Gasteiger partial charge on any atom is -0.496 e. The molecule has 0 unspecified atom stereocenters. The largest absolute Gasteiger partial charge is 0.496 e. The molecule has 0 aliphatic carbocycles. The highest BCUT2D eigenvalue weighted by Crippen LogP contribution is 2.24. The molecule has 0 radical (unpaired) electrons. The Balaban J connectivity index is 1.93. The molecule has 1 aliphatic rings. The summed E-state index contributed by atoms with van der Waals surface area (Å²) in [6.45, 7) is 6.89. The van der Waals surface area contributed by atoms with Crippen LogP contribution in [-0.2, 0) is 9.53 Å². The van der Waals surface area contributed by atoms with Crippen LogP contribution in [0.4, 0.5) is 4.79 Å². The number of rotatable bonds is 4. The molecule has 0 spiro atoms. The molecule has 160 valence electrons. The smallest absolute Gasteiger partial charge is 0.408 e. The van der Waals surface area contributed by atoms with E-state index in [9.17, 15) is 14.4 Å². The third kappa shape index (κ3) is 6.81. The maximum atomic E-state index is 12.9. The first kappa shape index (κ1) is 22.8. The quantitative estimate of drug-likeness (QED) is 0.800. The number of alkyl carbamates (subject to hydrolysis) is 1. The van der Waals surface area contributed by atoms with Crippen molar-refractivity contribution in [3.63, 3.8) is 0 Å². The van der Waals surface area contributed by atoms with Crippen LogP contribution in [0.5, 0.6) is 5.75 Å². The van der Waals surface area contributed by atoms with Crippen molar-refractivity contribution in [1.82, 2.24) is 15.1 Å². The molecule has 1 aliphatic heterocycles. The molecule has 3 amide bonds. The van der Waals surface area contributed by atoms with Gasteiger partial charge in [-0.25, -0.2) is 4.79 Å². The predicted molar refractivity (Wildman–Crippen MR) is 109 cm³/mol. The van der Waals surface area contributed by atoms with E-state index in [0.29, 0.717) is 48.9 Å². The monoisotopic (exact) mass is 425 g/mol. The normalized spacial score (nSPS) is 14.8. The first-order valence-electron chi connectivity index (χ1n) is 9.48. The van der Waals surface area contributed by atoms with Crippen molar-refractivity contribution in [1.29, 1.82) is 0 Å². The number of ether oxygens (including phenoxy) is 2. The number of amides is 3. The van der Waals surface area contributed by atoms with Crippen molar-refractivity contribution in [2.45, 2.75) is 32.8 Å². The molecular weight excluding hydrogens is 398 g/mol. The number of hydrogen-bond donors (Lipinski definition) is 1. The highest BCUT2D eigenvalue weighted by atomic mass is 35.5. The minimum atomic E-state index is -0.634. The van der Waals surface area contributed by atoms with Gasteiger partial charge < -0.3 is 24.6 Å². The zero-order chi connectivity index (χ0) is 21.6. The average Bonchev–Trinajstić information content (AvgIpc) is 2.90. The van der Waals surface area contributed by atoms with Gasteiger partial charge in [0.1, 0.15) is 17.9 Å². The number of methoxy groups -OCH3 is 1. The van der Waals surface area contributed by atoms with Crippen LogP contribution in [0, 0.1) is 0 Å². The average molecular weight is 426 g/mol. The topological polar surface area (TPSA) is 88.2 Å². The third-order valence-electron chi connectivity index (χ3n) is 4.31. The Bertz CT molecular complexity index is 763. The molecule has 0 atom stereocenters. The second-order valence-electron chi connectivity index (χ2n) is 7.73. The second kappa shape index (κ2) is 9.82. The van der Waals surface area contributed by atoms with Gasteiger partial charge in [-0.1, -0.05) is 11.6 Å². The lowest BCUT2D eigenvalue weighted by atomic mass is 10.1. The van der Waals surface area contributed by atoms with E-state index in [1.165, 1.54) is 7.11 Å². The maximum absolute atomic E-state index is 12.9. The van der Waals surface area contributed by atoms with Gasteiger partial charge in [0, 0.05) is 31.2 Å². The van der Waals surface area contributed by atoms with E-state index in [0.717, 1.165) is 0 Å². The molecule has 1 N–H and O–H groups in total. The highest BCUT2D eigenvalue weighted by Gasteiger charge is 2.25. The third-order valence-corrected chi connectivity index (χ3v) is 4.55. The fourth-order valence-corrected chi connectivity index (χ4v) is 3.13. The number of carbonyl (C=O) groups excluding carboxylic acids is 3. The Morgan fingerprint density at radius 1 is 1.10 bits per heavy atom. The summed E-state index contributed by atoms with van der Waals surface area (Å²) in [5, 5.41) is 2.93. The Morgan fingerprint density at radius 3 is 2.41 bits per heavy atom. The van der Waals surface area contributed by atoms with Crippen molar-refractivity contribution >= 4 is 29.5 Å². The lowest BCUT2D eigenvalue weighted by molar-refractivity contribution is -0.130. The predicted octanol–water partition coefficient (Wildman–Crippen LogP) is 2.55. The fraction of sp³-hybridized carbons (Fsp3) is 0.550. The lowest BCUT2D eigenvalue weighted by Gasteiger charge is -2.23. The van der Waals surface area contributed by atoms with E-state index in [1.54, 1.807) is 48.8 Å². The highest BCUT2D eigenvalue weighted by molar-refractivity contribution is 6.31. The zero-order valence-electron chi connectivity index (χ0n) is 17.3. The summed E-state index contributed by atoms with van der Waals surface area (Å²) in [4.78, 5) is 40.4. The summed E-state index contributed by atoms with van der Waals surface area (Å²) in [5.41, 5.74) is -0.232. The molecule has 0 saturated carbocycles. The van der Waals surface area contributed by atoms with Crippen LogP contribution in [-0.4, -0.2) is 73.1 Å². The summed E-state index contributed by atoms with van der Waals surface area (Å²) in [6, 6.07) is 4.91. The summed E-state index contributed by atoms with van der Waals surface area (Å²) >= 11 is 6.03. The number of nitrogens with zero attached hydrogens (tertiary/aromatic N) is 2. The van der Waals surface area contributed by atoms with E-state index in [2.05, 4.69) is 5.32 Å². The Morgan fingerprint density at radius 2 is 1.76 bits per heavy atom. The maximum Gasteiger partial charge on any atom is 0.408 e. The van der Waals surface area contributed by atoms with Crippen molar-refractivity contribution < 1.29 is 23.9 Å². The number of benzene rings is 1. The second-order valence-corrected chi connectivity index (χ2v) is 8.16. The molecule has 0 bridgehead atoms. The van der Waals surface area contributed by atoms with Crippen molar-refractivity contribution in [3.05, 3.63) is 28.8 Å². The molecule has 9 heteroatoms. The Kier molecular flexibility index (Phi) is 7.73. The van der Waals surface area contributed by atoms with Gasteiger partial charge in [0.25, 0.3) is 5.91 Å². The summed E-state index contributed by atoms with van der Waals surface area (Å²) in [6.07, 6.45) is -0.00203. The minimum absolute atomic E-state index is 0.148. The number of hydrogen-bond acceptors (Lipinski definition) is 5. The van der Waals surface area contributed by atoms with Gasteiger partial charge in [-0.2, -0.15) is 0 Å². The van der Waals surface area contributed by atoms with Crippen molar-refractivity contribution in [2.24, 2.45) is 0 Å². The fourth-order valence-electron chi connectivity index (χ4n) is 2.96. The SMILES string of the molecule is COc1ccc(Cl)cc1C(=O)N1CCCN(C(=O)CNC(=O)OC(C)(C)C)CC1. The van der Waals surface area contributed by atoms with Crippen LogP contribution in [0.15, 0.2) is 18.2 Å². The van der Waals surface area contributed by atoms with Gasteiger partial charge in [0.2, 0.25) is 5.91 Å². The summed E-state index contributed by atoms with van der Waals surface area (Å²) in [7, 11) is 1.50. The van der Waals surface area contributed by atoms with Gasteiger partial charge in [0.05, 0.1) is 12.7 Å². The van der Waals surface area contributed by atoms with Crippen molar-refractivity contribution in [2.75, 3.05) is 39.8 Å². The van der Waals surface area contributed by atoms with Crippen LogP contribution < -0.4 is 10.1 Å². The molecule has 8 nitrogen and oxygen atoms in total. The molecule has 29 heavy (non-hydrogen) atoms. The van der Waals surface area contributed by atoms with E-state index in [-0.39, 0.29) is 18.4 Å². The molecule has 2 rings (SSSR count). The van der Waals surface area contributed by atoms with Gasteiger partial charge in [-0.05, 0) is 45.4 Å². The van der Waals surface area contributed by atoms with Gasteiger partial charge in [-0.3, -0.25) is 9.59 Å². The number of halogens is 1. The number of carbonyl (C=O) groups is 3. The zero-order valence-corrected chi connectivity index (χ0v) is 18.0.